The minimum Gasteiger partial charge on any atom is -0.456 e. The zero-order valence-electron chi connectivity index (χ0n) is 28.0. The van der Waals surface area contributed by atoms with Crippen LogP contribution >= 0.6 is 11.3 Å². The average molecular weight is 684 g/mol. The molecule has 1 aliphatic rings. The Kier molecular flexibility index (Phi) is 6.51. The Bertz CT molecular complexity index is 3080. The molecule has 0 spiro atoms. The number of aromatic nitrogens is 3. The van der Waals surface area contributed by atoms with E-state index in [1.54, 1.807) is 11.3 Å². The first-order valence-corrected chi connectivity index (χ1v) is 18.4. The van der Waals surface area contributed by atoms with Crippen molar-refractivity contribution < 1.29 is 4.42 Å². The van der Waals surface area contributed by atoms with Crippen LogP contribution < -0.4 is 0 Å². The van der Waals surface area contributed by atoms with Gasteiger partial charge in [0.25, 0.3) is 0 Å². The van der Waals surface area contributed by atoms with Crippen LogP contribution in [0.25, 0.3) is 92.9 Å². The molecule has 7 aromatic carbocycles. The molecule has 0 saturated heterocycles. The molecule has 0 radical (unpaired) electrons. The van der Waals surface area contributed by atoms with Gasteiger partial charge in [0.05, 0.1) is 0 Å². The molecule has 0 saturated carbocycles. The smallest absolute Gasteiger partial charge is 0.165 e. The summed E-state index contributed by atoms with van der Waals surface area (Å²) >= 11 is 1.80. The van der Waals surface area contributed by atoms with Crippen molar-refractivity contribution in [2.45, 2.75) is 12.3 Å². The van der Waals surface area contributed by atoms with Crippen LogP contribution in [0, 0.1) is 0 Å². The largest absolute Gasteiger partial charge is 0.456 e. The Hall–Kier alpha value is -6.43. The fraction of sp³-hybridized carbons (Fsp3) is 0.0426. The summed E-state index contributed by atoms with van der Waals surface area (Å²) in [6, 6.07) is 51.4. The highest BCUT2D eigenvalue weighted by Crippen LogP contribution is 2.41. The van der Waals surface area contributed by atoms with Crippen molar-refractivity contribution in [2.75, 3.05) is 0 Å². The van der Waals surface area contributed by atoms with Gasteiger partial charge in [0.1, 0.15) is 17.0 Å². The van der Waals surface area contributed by atoms with E-state index in [1.165, 1.54) is 47.8 Å². The van der Waals surface area contributed by atoms with Gasteiger partial charge in [0.15, 0.2) is 11.6 Å². The van der Waals surface area contributed by atoms with Crippen molar-refractivity contribution in [1.29, 1.82) is 0 Å². The highest BCUT2D eigenvalue weighted by atomic mass is 32.1. The molecular formula is C47H29N3OS. The van der Waals surface area contributed by atoms with Crippen molar-refractivity contribution in [2.24, 2.45) is 0 Å². The maximum absolute atomic E-state index is 6.23. The predicted molar refractivity (Wildman–Crippen MR) is 216 cm³/mol. The summed E-state index contributed by atoms with van der Waals surface area (Å²) in [5.41, 5.74) is 8.68. The minimum absolute atomic E-state index is 0.0177. The topological polar surface area (TPSA) is 51.8 Å². The Labute approximate surface area is 303 Å². The first-order valence-electron chi connectivity index (χ1n) is 17.6. The van der Waals surface area contributed by atoms with Crippen molar-refractivity contribution in [3.8, 4) is 33.9 Å². The van der Waals surface area contributed by atoms with Gasteiger partial charge in [0.2, 0.25) is 0 Å². The van der Waals surface area contributed by atoms with Crippen LogP contribution in [0.4, 0.5) is 0 Å². The van der Waals surface area contributed by atoms with Crippen LogP contribution in [0.2, 0.25) is 0 Å². The molecule has 10 aromatic rings. The van der Waals surface area contributed by atoms with E-state index in [0.717, 1.165) is 50.7 Å². The zero-order valence-corrected chi connectivity index (χ0v) is 28.8. The lowest BCUT2D eigenvalue weighted by molar-refractivity contribution is 0.669. The molecule has 4 nitrogen and oxygen atoms in total. The summed E-state index contributed by atoms with van der Waals surface area (Å²) in [4.78, 5) is 15.7. The maximum Gasteiger partial charge on any atom is 0.165 e. The summed E-state index contributed by atoms with van der Waals surface area (Å²) < 4.78 is 8.69. The number of hydrogen-bond donors (Lipinski definition) is 0. The third-order valence-electron chi connectivity index (χ3n) is 10.4. The molecule has 3 aromatic heterocycles. The number of para-hydroxylation sites is 1. The lowest BCUT2D eigenvalue weighted by Gasteiger charge is -2.20. The molecule has 1 aliphatic carbocycles. The first-order chi connectivity index (χ1) is 25.7. The Morgan fingerprint density at radius 2 is 1.31 bits per heavy atom. The molecule has 0 N–H and O–H groups in total. The van der Waals surface area contributed by atoms with Gasteiger partial charge < -0.3 is 4.42 Å². The molecule has 0 amide bonds. The Morgan fingerprint density at radius 1 is 0.558 bits per heavy atom. The van der Waals surface area contributed by atoms with E-state index in [2.05, 4.69) is 146 Å². The van der Waals surface area contributed by atoms with Crippen molar-refractivity contribution in [3.63, 3.8) is 0 Å². The lowest BCUT2D eigenvalue weighted by Crippen LogP contribution is -2.12. The van der Waals surface area contributed by atoms with Crippen LogP contribution in [0.15, 0.2) is 156 Å². The standard InChI is InChI=1S/C47H29N3OS/c1-2-10-30-25-32(23-20-28(30)9-1)45-48-46(50-47(49-45)39-15-7-14-37-36-11-4-6-18-42(36)52-44(37)39)33-24-21-29-19-22-31(26-34(29)27-33)35-13-8-17-41-43(35)38-12-3-5-16-40(38)51-41/h1-26,33H,27H2. The number of allylic oxidation sites excluding steroid dienone is 1. The molecule has 1 atom stereocenters. The zero-order chi connectivity index (χ0) is 34.2. The van der Waals surface area contributed by atoms with E-state index in [9.17, 15) is 0 Å². The second-order valence-electron chi connectivity index (χ2n) is 13.5. The van der Waals surface area contributed by atoms with E-state index < -0.39 is 0 Å². The van der Waals surface area contributed by atoms with E-state index in [4.69, 9.17) is 19.4 Å². The molecular weight excluding hydrogens is 655 g/mol. The predicted octanol–water partition coefficient (Wildman–Crippen LogP) is 12.6. The van der Waals surface area contributed by atoms with Crippen LogP contribution in [0.5, 0.6) is 0 Å². The third kappa shape index (κ3) is 4.70. The van der Waals surface area contributed by atoms with E-state index >= 15 is 0 Å². The summed E-state index contributed by atoms with van der Waals surface area (Å²) in [5.74, 6) is 2.16. The molecule has 0 aliphatic heterocycles. The Morgan fingerprint density at radius 3 is 2.27 bits per heavy atom. The number of furan rings is 1. The summed E-state index contributed by atoms with van der Waals surface area (Å²) in [6.45, 7) is 0. The highest BCUT2D eigenvalue weighted by Gasteiger charge is 2.23. The van der Waals surface area contributed by atoms with E-state index in [0.29, 0.717) is 11.6 Å². The summed E-state index contributed by atoms with van der Waals surface area (Å²) in [7, 11) is 0. The lowest BCUT2D eigenvalue weighted by atomic mass is 9.86. The Balaban J connectivity index is 1.05. The number of thiophene rings is 1. The minimum atomic E-state index is -0.0177. The number of rotatable bonds is 4. The molecule has 11 rings (SSSR count). The van der Waals surface area contributed by atoms with Crippen LogP contribution in [-0.2, 0) is 6.42 Å². The molecule has 3 heterocycles. The molecule has 52 heavy (non-hydrogen) atoms. The monoisotopic (exact) mass is 683 g/mol. The highest BCUT2D eigenvalue weighted by molar-refractivity contribution is 7.26. The van der Waals surface area contributed by atoms with E-state index in [1.807, 2.05) is 12.1 Å². The van der Waals surface area contributed by atoms with Crippen LogP contribution in [0.3, 0.4) is 0 Å². The molecule has 244 valence electrons. The van der Waals surface area contributed by atoms with Gasteiger partial charge in [-0.2, -0.15) is 0 Å². The number of nitrogens with zero attached hydrogens (tertiary/aromatic N) is 3. The third-order valence-corrected chi connectivity index (χ3v) is 11.7. The first kappa shape index (κ1) is 29.3. The molecule has 0 bridgehead atoms. The van der Waals surface area contributed by atoms with Gasteiger partial charge in [-0.05, 0) is 69.8 Å². The van der Waals surface area contributed by atoms with Crippen molar-refractivity contribution in [3.05, 3.63) is 169 Å². The van der Waals surface area contributed by atoms with Gasteiger partial charge in [-0.1, -0.05) is 127 Å². The fourth-order valence-corrected chi connectivity index (χ4v) is 9.10. The molecule has 0 fully saturated rings. The quantitative estimate of drug-likeness (QED) is 0.185. The second kappa shape index (κ2) is 11.6. The van der Waals surface area contributed by atoms with Gasteiger partial charge in [0, 0.05) is 48.0 Å². The number of hydrogen-bond acceptors (Lipinski definition) is 5. The average Bonchev–Trinajstić information content (AvgIpc) is 3.79. The maximum atomic E-state index is 6.23. The SMILES string of the molecule is C1=CC(c2nc(-c3ccc4ccccc4c3)nc(-c3cccc4c3sc3ccccc34)n2)Cc2cc(-c3cccc4oc5ccccc5c34)ccc21. The van der Waals surface area contributed by atoms with E-state index in [-0.39, 0.29) is 5.92 Å². The fourth-order valence-electron chi connectivity index (χ4n) is 7.89. The van der Waals surface area contributed by atoms with Crippen LogP contribution in [-0.4, -0.2) is 15.0 Å². The molecule has 5 heteroatoms. The van der Waals surface area contributed by atoms with Crippen LogP contribution in [0.1, 0.15) is 22.9 Å². The van der Waals surface area contributed by atoms with Crippen molar-refractivity contribution in [1.82, 2.24) is 15.0 Å². The van der Waals surface area contributed by atoms with Gasteiger partial charge in [-0.3, -0.25) is 0 Å². The van der Waals surface area contributed by atoms with Gasteiger partial charge in [-0.25, -0.2) is 15.0 Å². The number of benzene rings is 7. The number of fused-ring (bicyclic) bond motifs is 8. The second-order valence-corrected chi connectivity index (χ2v) is 14.6. The van der Waals surface area contributed by atoms with Gasteiger partial charge >= 0.3 is 0 Å². The van der Waals surface area contributed by atoms with Crippen molar-refractivity contribution >= 4 is 70.3 Å². The van der Waals surface area contributed by atoms with Gasteiger partial charge in [-0.15, -0.1) is 11.3 Å². The molecule has 1 unspecified atom stereocenters. The summed E-state index contributed by atoms with van der Waals surface area (Å²) in [5, 5.41) is 7.13. The normalized spacial score (nSPS) is 14.2. The summed E-state index contributed by atoms with van der Waals surface area (Å²) in [6.07, 6.45) is 5.28.